The lowest BCUT2D eigenvalue weighted by atomic mass is 10.1. The number of halogens is 1. The highest BCUT2D eigenvalue weighted by Gasteiger charge is 2.29. The van der Waals surface area contributed by atoms with Crippen molar-refractivity contribution in [3.63, 3.8) is 0 Å². The van der Waals surface area contributed by atoms with Gasteiger partial charge in [-0.25, -0.2) is 22.1 Å². The monoisotopic (exact) mass is 451 g/mol. The predicted molar refractivity (Wildman–Crippen MR) is 125 cm³/mol. The second-order valence-electron chi connectivity index (χ2n) is 6.87. The van der Waals surface area contributed by atoms with Crippen molar-refractivity contribution in [3.05, 3.63) is 102 Å². The summed E-state index contributed by atoms with van der Waals surface area (Å²) < 4.78 is 41.7. The van der Waals surface area contributed by atoms with E-state index in [1.807, 2.05) is 37.3 Å². The van der Waals surface area contributed by atoms with Crippen LogP contribution in [-0.4, -0.2) is 24.2 Å². The molecule has 0 bridgehead atoms. The molecule has 1 aliphatic heterocycles. The van der Waals surface area contributed by atoms with Crippen molar-refractivity contribution in [1.29, 1.82) is 0 Å². The second-order valence-corrected chi connectivity index (χ2v) is 9.05. The fraction of sp³-hybridized carbons (Fsp3) is 0.0435. The molecule has 0 spiro atoms. The van der Waals surface area contributed by atoms with Crippen molar-refractivity contribution in [2.24, 2.45) is 4.99 Å². The van der Waals surface area contributed by atoms with Gasteiger partial charge in [0.05, 0.1) is 16.3 Å². The largest absolute Gasteiger partial charge is 0.299 e. The third-order valence-corrected chi connectivity index (χ3v) is 6.79. The lowest BCUT2D eigenvalue weighted by molar-refractivity contribution is 0.564. The number of benzene rings is 3. The summed E-state index contributed by atoms with van der Waals surface area (Å²) in [5, 5.41) is -0.145. The highest BCUT2D eigenvalue weighted by molar-refractivity contribution is 7.91. The Morgan fingerprint density at radius 1 is 0.935 bits per heavy atom. The maximum absolute atomic E-state index is 13.9. The third kappa shape index (κ3) is 4.26. The molecule has 0 saturated heterocycles. The number of thiocarbonyl (C=S) groups is 1. The Hall–Kier alpha value is -3.36. The van der Waals surface area contributed by atoms with E-state index in [0.29, 0.717) is 16.9 Å². The molecule has 0 aromatic heterocycles. The van der Waals surface area contributed by atoms with Crippen LogP contribution in [0.25, 0.3) is 5.70 Å². The number of aryl methyl sites for hydroxylation is 1. The first-order chi connectivity index (χ1) is 14.9. The standard InChI is InChI=1S/C23H18FN3O2S2/c1-17-10-12-21(13-11-17)31(28,29)27-15-22(18-6-3-2-4-7-18)26(16-25-23(27)30)20-9-5-8-19(24)14-20/h2-16H,1H3. The van der Waals surface area contributed by atoms with Crippen molar-refractivity contribution in [2.75, 3.05) is 4.90 Å². The van der Waals surface area contributed by atoms with Crippen LogP contribution in [0, 0.1) is 12.7 Å². The summed E-state index contributed by atoms with van der Waals surface area (Å²) in [6.07, 6.45) is 2.82. The van der Waals surface area contributed by atoms with Crippen molar-refractivity contribution in [1.82, 2.24) is 4.31 Å². The van der Waals surface area contributed by atoms with Crippen LogP contribution in [0.3, 0.4) is 0 Å². The first-order valence-corrected chi connectivity index (χ1v) is 11.2. The number of aliphatic imine (C=N–C) groups is 1. The number of hydrogen-bond donors (Lipinski definition) is 0. The normalized spacial score (nSPS) is 14.4. The van der Waals surface area contributed by atoms with Gasteiger partial charge >= 0.3 is 0 Å². The van der Waals surface area contributed by atoms with Crippen LogP contribution in [0.15, 0.2) is 95.0 Å². The Bertz CT molecular complexity index is 1290. The van der Waals surface area contributed by atoms with E-state index >= 15 is 0 Å². The lowest BCUT2D eigenvalue weighted by Crippen LogP contribution is -2.30. The molecule has 0 fully saturated rings. The molecule has 5 nitrogen and oxygen atoms in total. The highest BCUT2D eigenvalue weighted by atomic mass is 32.2. The van der Waals surface area contributed by atoms with E-state index in [1.54, 1.807) is 29.2 Å². The lowest BCUT2D eigenvalue weighted by Gasteiger charge is -2.23. The second kappa shape index (κ2) is 8.41. The molecule has 0 N–H and O–H groups in total. The van der Waals surface area contributed by atoms with E-state index in [0.717, 1.165) is 9.87 Å². The summed E-state index contributed by atoms with van der Waals surface area (Å²) >= 11 is 5.32. The molecule has 1 aliphatic rings. The summed E-state index contributed by atoms with van der Waals surface area (Å²) in [7, 11) is -4.00. The highest BCUT2D eigenvalue weighted by Crippen LogP contribution is 2.30. The molecule has 0 unspecified atom stereocenters. The van der Waals surface area contributed by atoms with Gasteiger partial charge in [-0.15, -0.1) is 0 Å². The summed E-state index contributed by atoms with van der Waals surface area (Å²) in [6.45, 7) is 1.88. The minimum atomic E-state index is -4.00. The zero-order valence-corrected chi connectivity index (χ0v) is 18.1. The van der Waals surface area contributed by atoms with Gasteiger partial charge in [0.25, 0.3) is 10.0 Å². The predicted octanol–water partition coefficient (Wildman–Crippen LogP) is 4.96. The first kappa shape index (κ1) is 20.9. The van der Waals surface area contributed by atoms with Crippen molar-refractivity contribution in [3.8, 4) is 0 Å². The van der Waals surface area contributed by atoms with Gasteiger partial charge < -0.3 is 0 Å². The first-order valence-electron chi connectivity index (χ1n) is 9.37. The van der Waals surface area contributed by atoms with Crippen LogP contribution < -0.4 is 4.90 Å². The van der Waals surface area contributed by atoms with Crippen LogP contribution >= 0.6 is 12.2 Å². The zero-order valence-electron chi connectivity index (χ0n) is 16.5. The topological polar surface area (TPSA) is 53.0 Å². The quantitative estimate of drug-likeness (QED) is 0.527. The van der Waals surface area contributed by atoms with Crippen LogP contribution in [0.5, 0.6) is 0 Å². The van der Waals surface area contributed by atoms with E-state index in [1.165, 1.54) is 36.8 Å². The molecule has 3 aromatic carbocycles. The number of anilines is 1. The van der Waals surface area contributed by atoms with Gasteiger partial charge in [-0.3, -0.25) is 4.90 Å². The van der Waals surface area contributed by atoms with E-state index in [2.05, 4.69) is 4.99 Å². The van der Waals surface area contributed by atoms with Crippen molar-refractivity contribution >= 4 is 45.1 Å². The van der Waals surface area contributed by atoms with Gasteiger partial charge in [0, 0.05) is 11.8 Å². The van der Waals surface area contributed by atoms with Gasteiger partial charge in [-0.1, -0.05) is 54.1 Å². The van der Waals surface area contributed by atoms with Crippen molar-refractivity contribution in [2.45, 2.75) is 11.8 Å². The average molecular weight is 452 g/mol. The van der Waals surface area contributed by atoms with Crippen LogP contribution in [0.2, 0.25) is 0 Å². The molecule has 8 heteroatoms. The Labute approximate surface area is 185 Å². The van der Waals surface area contributed by atoms with Crippen LogP contribution in [0.4, 0.5) is 10.1 Å². The molecule has 4 rings (SSSR count). The molecule has 3 aromatic rings. The maximum Gasteiger partial charge on any atom is 0.270 e. The molecule has 0 atom stereocenters. The third-order valence-electron chi connectivity index (χ3n) is 4.70. The van der Waals surface area contributed by atoms with Gasteiger partial charge in [-0.2, -0.15) is 0 Å². The van der Waals surface area contributed by atoms with Crippen LogP contribution in [0.1, 0.15) is 11.1 Å². The molecule has 0 radical (unpaired) electrons. The summed E-state index contributed by atoms with van der Waals surface area (Å²) in [5.74, 6) is -0.422. The molecule has 0 saturated carbocycles. The Kier molecular flexibility index (Phi) is 5.67. The van der Waals surface area contributed by atoms with Gasteiger partial charge in [0.1, 0.15) is 12.2 Å². The number of rotatable bonds is 4. The number of hydrogen-bond acceptors (Lipinski definition) is 4. The Balaban J connectivity index is 1.90. The molecule has 31 heavy (non-hydrogen) atoms. The number of sulfonamides is 1. The molecular formula is C23H18FN3O2S2. The molecule has 0 amide bonds. The molecule has 156 valence electrons. The van der Waals surface area contributed by atoms with E-state index in [9.17, 15) is 12.8 Å². The molecular weight excluding hydrogens is 433 g/mol. The fourth-order valence-electron chi connectivity index (χ4n) is 3.10. The smallest absolute Gasteiger partial charge is 0.270 e. The van der Waals surface area contributed by atoms with Crippen molar-refractivity contribution < 1.29 is 12.8 Å². The van der Waals surface area contributed by atoms with Gasteiger partial charge in [-0.05, 0) is 49.5 Å². The SMILES string of the molecule is Cc1ccc(S(=O)(=O)N2C=C(c3ccccc3)N(c3cccc(F)c3)C=NC2=S)cc1. The maximum atomic E-state index is 13.9. The minimum absolute atomic E-state index is 0.0958. The summed E-state index contributed by atoms with van der Waals surface area (Å²) in [6, 6.07) is 21.6. The van der Waals surface area contributed by atoms with E-state index < -0.39 is 15.8 Å². The summed E-state index contributed by atoms with van der Waals surface area (Å²) in [4.78, 5) is 5.88. The van der Waals surface area contributed by atoms with Gasteiger partial charge in [0.15, 0.2) is 0 Å². The molecule has 1 heterocycles. The summed E-state index contributed by atoms with van der Waals surface area (Å²) in [5.41, 5.74) is 2.61. The average Bonchev–Trinajstić information content (AvgIpc) is 2.94. The Morgan fingerprint density at radius 2 is 1.65 bits per heavy atom. The zero-order chi connectivity index (χ0) is 22.0. The minimum Gasteiger partial charge on any atom is -0.299 e. The molecule has 0 aliphatic carbocycles. The fourth-order valence-corrected chi connectivity index (χ4v) is 4.70. The van der Waals surface area contributed by atoms with E-state index in [-0.39, 0.29) is 10.0 Å². The number of nitrogens with zero attached hydrogens (tertiary/aromatic N) is 3. The van der Waals surface area contributed by atoms with E-state index in [4.69, 9.17) is 12.2 Å². The van der Waals surface area contributed by atoms with Crippen LogP contribution in [-0.2, 0) is 10.0 Å². The Morgan fingerprint density at radius 3 is 2.32 bits per heavy atom. The van der Waals surface area contributed by atoms with Gasteiger partial charge in [0.2, 0.25) is 5.11 Å².